The van der Waals surface area contributed by atoms with Crippen molar-refractivity contribution in [2.24, 2.45) is 23.7 Å². The van der Waals surface area contributed by atoms with E-state index in [-0.39, 0.29) is 13.1 Å². The van der Waals surface area contributed by atoms with Crippen LogP contribution in [-0.4, -0.2) is 57.9 Å². The fourth-order valence-corrected chi connectivity index (χ4v) is 5.85. The Morgan fingerprint density at radius 3 is 1.22 bits per heavy atom. The third-order valence-electron chi connectivity index (χ3n) is 8.03. The predicted molar refractivity (Wildman–Crippen MR) is 168 cm³/mol. The minimum Gasteiger partial charge on any atom is -0.481 e. The second-order valence-electron chi connectivity index (χ2n) is 11.3. The molecule has 236 valence electrons. The van der Waals surface area contributed by atoms with E-state index in [1.54, 1.807) is 48.5 Å². The van der Waals surface area contributed by atoms with Crippen molar-refractivity contribution in [1.29, 1.82) is 0 Å². The molecule has 0 spiro atoms. The zero-order valence-electron chi connectivity index (χ0n) is 25.4. The number of aliphatic carboxylic acids is 2. The number of rotatable bonds is 12. The Labute approximate surface area is 266 Å². The zero-order chi connectivity index (χ0) is 32.8. The summed E-state index contributed by atoms with van der Waals surface area (Å²) in [7, 11) is 3.01. The zero-order valence-corrected chi connectivity index (χ0v) is 25.4. The van der Waals surface area contributed by atoms with E-state index in [0.29, 0.717) is 34.1 Å². The van der Waals surface area contributed by atoms with Crippen LogP contribution in [0.4, 0.5) is 0 Å². The highest BCUT2D eigenvalue weighted by Gasteiger charge is 2.64. The summed E-state index contributed by atoms with van der Waals surface area (Å²) in [6.45, 7) is 0.187. The largest absolute Gasteiger partial charge is 0.481 e. The van der Waals surface area contributed by atoms with Gasteiger partial charge in [0.05, 0.1) is 23.7 Å². The van der Waals surface area contributed by atoms with E-state index in [2.05, 4.69) is 0 Å². The first-order chi connectivity index (χ1) is 22.1. The third-order valence-corrected chi connectivity index (χ3v) is 8.03. The first-order valence-corrected chi connectivity index (χ1v) is 14.7. The van der Waals surface area contributed by atoms with Gasteiger partial charge in [-0.25, -0.2) is 0 Å². The molecule has 0 radical (unpaired) electrons. The number of carboxylic acids is 2. The number of carboxylic acid groups (broad SMARTS) is 2. The van der Waals surface area contributed by atoms with Crippen molar-refractivity contribution < 1.29 is 38.9 Å². The number of hydrogen-bond acceptors (Lipinski definition) is 6. The average molecular weight is 623 g/mol. The summed E-state index contributed by atoms with van der Waals surface area (Å²) < 4.78 is 11.8. The van der Waals surface area contributed by atoms with Crippen molar-refractivity contribution in [1.82, 2.24) is 9.80 Å². The van der Waals surface area contributed by atoms with Gasteiger partial charge in [0, 0.05) is 27.2 Å². The van der Waals surface area contributed by atoms with Crippen LogP contribution in [-0.2, 0) is 32.3 Å². The molecular weight excluding hydrogens is 588 g/mol. The summed E-state index contributed by atoms with van der Waals surface area (Å²) in [5.74, 6) is -7.53. The van der Waals surface area contributed by atoms with Crippen LogP contribution in [0, 0.1) is 23.7 Å². The molecule has 4 atom stereocenters. The Morgan fingerprint density at radius 2 is 0.870 bits per heavy atom. The Bertz CT molecular complexity index is 1580. The highest BCUT2D eigenvalue weighted by atomic mass is 16.5. The number of carbonyl (C=O) groups is 4. The minimum atomic E-state index is -1.55. The minimum absolute atomic E-state index is 0.0936. The molecule has 0 aromatic heterocycles. The van der Waals surface area contributed by atoms with Crippen molar-refractivity contribution in [2.45, 2.75) is 13.1 Å². The van der Waals surface area contributed by atoms with Crippen molar-refractivity contribution in [2.75, 3.05) is 14.1 Å². The summed E-state index contributed by atoms with van der Waals surface area (Å²) in [6.07, 6.45) is 0. The highest BCUT2D eigenvalue weighted by Crippen LogP contribution is 2.48. The summed E-state index contributed by atoms with van der Waals surface area (Å²) >= 11 is 0. The molecule has 1 saturated carbocycles. The van der Waals surface area contributed by atoms with E-state index >= 15 is 0 Å². The van der Waals surface area contributed by atoms with Crippen LogP contribution < -0.4 is 9.47 Å². The van der Waals surface area contributed by atoms with Crippen molar-refractivity contribution >= 4 is 23.8 Å². The average Bonchev–Trinajstić information content (AvgIpc) is 3.01. The van der Waals surface area contributed by atoms with Crippen molar-refractivity contribution in [3.63, 3.8) is 0 Å². The monoisotopic (exact) mass is 622 g/mol. The first kappa shape index (κ1) is 31.8. The van der Waals surface area contributed by atoms with Gasteiger partial charge in [0.2, 0.25) is 11.8 Å². The molecule has 5 rings (SSSR count). The number of para-hydroxylation sites is 2. The van der Waals surface area contributed by atoms with Gasteiger partial charge in [0.25, 0.3) is 0 Å². The van der Waals surface area contributed by atoms with Gasteiger partial charge in [-0.05, 0) is 59.7 Å². The van der Waals surface area contributed by atoms with Crippen LogP contribution in [0.1, 0.15) is 11.1 Å². The lowest BCUT2D eigenvalue weighted by Crippen LogP contribution is -2.63. The standard InChI is InChI=1S/C36H34N2O8/c1-37(21-23-11-9-17-27(19-23)45-25-13-5-3-6-14-25)33(39)29-30(32(36(43)44)31(29)35(41)42)34(40)38(2)22-24-12-10-18-28(20-24)46-26-15-7-4-8-16-26/h3-20,29-32H,21-22H2,1-2H3,(H,41,42)(H,43,44)/t29-,30-,31-,32-/m1/s1. The van der Waals surface area contributed by atoms with Gasteiger partial charge in [-0.1, -0.05) is 60.7 Å². The molecule has 2 amide bonds. The summed E-state index contributed by atoms with van der Waals surface area (Å²) in [5, 5.41) is 19.9. The second-order valence-corrected chi connectivity index (χ2v) is 11.3. The summed E-state index contributed by atoms with van der Waals surface area (Å²) in [4.78, 5) is 54.6. The SMILES string of the molecule is CN(Cc1cccc(Oc2ccccc2)c1)C(=O)[C@H]1[C@@H](C(=O)O)[C@H](C(=O)O)[C@@H]1C(=O)N(C)Cc1cccc(Oc2ccccc2)c1. The van der Waals surface area contributed by atoms with Crippen LogP contribution in [0.15, 0.2) is 109 Å². The predicted octanol–water partition coefficient (Wildman–Crippen LogP) is 5.54. The normalized spacial score (nSPS) is 18.5. The molecule has 2 N–H and O–H groups in total. The molecule has 0 saturated heterocycles. The molecule has 1 fully saturated rings. The second kappa shape index (κ2) is 14.0. The Balaban J connectivity index is 1.31. The van der Waals surface area contributed by atoms with Gasteiger partial charge in [-0.15, -0.1) is 0 Å². The number of ether oxygens (including phenoxy) is 2. The van der Waals surface area contributed by atoms with E-state index in [4.69, 9.17) is 9.47 Å². The Morgan fingerprint density at radius 1 is 0.522 bits per heavy atom. The van der Waals surface area contributed by atoms with E-state index in [9.17, 15) is 29.4 Å². The van der Waals surface area contributed by atoms with Gasteiger partial charge in [0.1, 0.15) is 23.0 Å². The topological polar surface area (TPSA) is 134 Å². The van der Waals surface area contributed by atoms with E-state index in [0.717, 1.165) is 0 Å². The van der Waals surface area contributed by atoms with E-state index in [1.165, 1.54) is 23.9 Å². The van der Waals surface area contributed by atoms with Crippen LogP contribution in [0.3, 0.4) is 0 Å². The molecule has 10 nitrogen and oxygen atoms in total. The van der Waals surface area contributed by atoms with Gasteiger partial charge in [-0.2, -0.15) is 0 Å². The molecule has 1 aliphatic rings. The maximum atomic E-state index is 13.8. The van der Waals surface area contributed by atoms with Crippen LogP contribution in [0.25, 0.3) is 0 Å². The smallest absolute Gasteiger partial charge is 0.308 e. The molecule has 46 heavy (non-hydrogen) atoms. The fraction of sp³-hybridized carbons (Fsp3) is 0.222. The molecular formula is C36H34N2O8. The van der Waals surface area contributed by atoms with Crippen molar-refractivity contribution in [3.8, 4) is 23.0 Å². The summed E-state index contributed by atoms with van der Waals surface area (Å²) in [5.41, 5.74) is 1.42. The number of carbonyl (C=O) groups excluding carboxylic acids is 2. The molecule has 4 aromatic rings. The third kappa shape index (κ3) is 7.18. The van der Waals surface area contributed by atoms with Crippen molar-refractivity contribution in [3.05, 3.63) is 120 Å². The van der Waals surface area contributed by atoms with Gasteiger partial charge >= 0.3 is 11.9 Å². The van der Waals surface area contributed by atoms with E-state index < -0.39 is 47.4 Å². The fourth-order valence-electron chi connectivity index (χ4n) is 5.85. The number of hydrogen-bond donors (Lipinski definition) is 2. The lowest BCUT2D eigenvalue weighted by atomic mass is 9.55. The first-order valence-electron chi connectivity index (χ1n) is 14.7. The maximum absolute atomic E-state index is 13.8. The van der Waals surface area contributed by atoms with Gasteiger partial charge in [0.15, 0.2) is 0 Å². The highest BCUT2D eigenvalue weighted by molar-refractivity contribution is 5.99. The summed E-state index contributed by atoms with van der Waals surface area (Å²) in [6, 6.07) is 32.6. The quantitative estimate of drug-likeness (QED) is 0.211. The van der Waals surface area contributed by atoms with Gasteiger partial charge in [-0.3, -0.25) is 19.2 Å². The Kier molecular flexibility index (Phi) is 9.66. The van der Waals surface area contributed by atoms with Crippen LogP contribution in [0.2, 0.25) is 0 Å². The lowest BCUT2D eigenvalue weighted by Gasteiger charge is -2.47. The molecule has 0 unspecified atom stereocenters. The number of benzene rings is 4. The number of amides is 2. The van der Waals surface area contributed by atoms with E-state index in [1.807, 2.05) is 60.7 Å². The number of nitrogens with zero attached hydrogens (tertiary/aromatic N) is 2. The molecule has 0 heterocycles. The lowest BCUT2D eigenvalue weighted by molar-refractivity contribution is -0.187. The van der Waals surface area contributed by atoms with Crippen LogP contribution in [0.5, 0.6) is 23.0 Å². The molecule has 10 heteroatoms. The maximum Gasteiger partial charge on any atom is 0.308 e. The molecule has 1 aliphatic carbocycles. The molecule has 0 bridgehead atoms. The Hall–Kier alpha value is -5.64. The van der Waals surface area contributed by atoms with Crippen LogP contribution >= 0.6 is 0 Å². The molecule has 4 aromatic carbocycles. The molecule has 0 aliphatic heterocycles. The van der Waals surface area contributed by atoms with Gasteiger partial charge < -0.3 is 29.5 Å².